The molecule has 18 heteroatoms. The molecule has 1 saturated carbocycles. The van der Waals surface area contributed by atoms with Crippen LogP contribution in [0.15, 0.2) is 52.7 Å². The number of nitrogens with one attached hydrogen (secondary N) is 2. The van der Waals surface area contributed by atoms with Gasteiger partial charge >= 0.3 is 6.18 Å². The topological polar surface area (TPSA) is 175 Å². The quantitative estimate of drug-likeness (QED) is 0.0539. The van der Waals surface area contributed by atoms with Crippen molar-refractivity contribution < 1.29 is 31.3 Å². The van der Waals surface area contributed by atoms with E-state index in [4.69, 9.17) is 20.0 Å². The molecule has 47 heavy (non-hydrogen) atoms. The highest BCUT2D eigenvalue weighted by Gasteiger charge is 2.55. The largest absolute Gasteiger partial charge is 0.477 e. The Morgan fingerprint density at radius 1 is 1.23 bits per heavy atom. The van der Waals surface area contributed by atoms with Crippen molar-refractivity contribution in [2.24, 2.45) is 22.9 Å². The number of amides is 1. The first kappa shape index (κ1) is 33.9. The van der Waals surface area contributed by atoms with Crippen LogP contribution < -0.4 is 14.4 Å². The number of hydrogen-bond donors (Lipinski definition) is 2. The minimum Gasteiger partial charge on any atom is -0.477 e. The number of halogens is 4. The summed E-state index contributed by atoms with van der Waals surface area (Å²) in [6.07, 6.45) is -0.108. The van der Waals surface area contributed by atoms with Gasteiger partial charge in [-0.2, -0.15) is 17.6 Å². The number of aromatic nitrogens is 4. The number of carbonyl (C=O) groups is 1. The number of azide groups is 1. The lowest BCUT2D eigenvalue weighted by molar-refractivity contribution is -0.151. The molecule has 1 aliphatic heterocycles. The number of rotatable bonds is 13. The average molecular weight is 679 g/mol. The van der Waals surface area contributed by atoms with E-state index in [0.717, 1.165) is 18.9 Å². The van der Waals surface area contributed by atoms with Gasteiger partial charge in [-0.1, -0.05) is 11.2 Å². The summed E-state index contributed by atoms with van der Waals surface area (Å²) in [5.41, 5.74) is 8.12. The van der Waals surface area contributed by atoms with E-state index in [9.17, 15) is 26.6 Å². The molecule has 0 radical (unpaired) electrons. The molecule has 4 atom stereocenters. The third-order valence-corrected chi connectivity index (χ3v) is 9.64. The summed E-state index contributed by atoms with van der Waals surface area (Å²) in [5.74, 6) is -2.67. The van der Waals surface area contributed by atoms with Crippen LogP contribution in [0.4, 0.5) is 23.4 Å². The second kappa shape index (κ2) is 13.4. The Morgan fingerprint density at radius 3 is 2.72 bits per heavy atom. The van der Waals surface area contributed by atoms with Crippen molar-refractivity contribution in [1.82, 2.24) is 24.5 Å². The lowest BCUT2D eigenvalue weighted by Crippen LogP contribution is -2.41. The fourth-order valence-corrected chi connectivity index (χ4v) is 6.94. The third-order valence-electron chi connectivity index (χ3n) is 8.36. The molecular weight excluding hydrogens is 644 g/mol. The molecular formula is C29H34F4N10O3S. The molecule has 0 aromatic carbocycles. The van der Waals surface area contributed by atoms with Gasteiger partial charge in [-0.15, -0.1) is 5.10 Å². The third kappa shape index (κ3) is 8.11. The zero-order valence-corrected chi connectivity index (χ0v) is 26.5. The van der Waals surface area contributed by atoms with Gasteiger partial charge in [0.1, 0.15) is 5.82 Å². The van der Waals surface area contributed by atoms with Gasteiger partial charge in [-0.05, 0) is 87.6 Å². The van der Waals surface area contributed by atoms with Crippen LogP contribution in [0.1, 0.15) is 56.3 Å². The highest BCUT2D eigenvalue weighted by molar-refractivity contribution is 7.91. The van der Waals surface area contributed by atoms with Crippen molar-refractivity contribution in [1.29, 1.82) is 4.78 Å². The van der Waals surface area contributed by atoms with E-state index in [1.165, 1.54) is 28.9 Å². The molecule has 0 spiro atoms. The van der Waals surface area contributed by atoms with Crippen LogP contribution in [0.3, 0.4) is 0 Å². The van der Waals surface area contributed by atoms with Gasteiger partial charge in [0.05, 0.1) is 18.1 Å². The van der Waals surface area contributed by atoms with Crippen LogP contribution in [0.25, 0.3) is 16.3 Å². The second-order valence-electron chi connectivity index (χ2n) is 12.3. The van der Waals surface area contributed by atoms with Crippen molar-refractivity contribution in [2.45, 2.75) is 62.7 Å². The summed E-state index contributed by atoms with van der Waals surface area (Å²) >= 11 is 0. The summed E-state index contributed by atoms with van der Waals surface area (Å²) in [6, 6.07) is 7.96. The van der Waals surface area contributed by atoms with Crippen molar-refractivity contribution in [3.63, 3.8) is 0 Å². The van der Waals surface area contributed by atoms with E-state index in [1.807, 2.05) is 18.7 Å². The lowest BCUT2D eigenvalue weighted by Gasteiger charge is -2.34. The number of nitrogens with zero attached hydrogens (tertiary/aromatic N) is 8. The van der Waals surface area contributed by atoms with Crippen LogP contribution in [-0.4, -0.2) is 61.3 Å². The van der Waals surface area contributed by atoms with Crippen LogP contribution >= 0.6 is 0 Å². The first-order chi connectivity index (χ1) is 22.2. The summed E-state index contributed by atoms with van der Waals surface area (Å²) in [7, 11) is -4.04. The number of hydrogen-bond acceptors (Lipinski definition) is 9. The molecule has 13 nitrogen and oxygen atoms in total. The normalized spacial score (nSPS) is 21.5. The smallest absolute Gasteiger partial charge is 0.392 e. The maximum absolute atomic E-state index is 13.7. The Labute approximate surface area is 268 Å². The van der Waals surface area contributed by atoms with E-state index in [2.05, 4.69) is 24.8 Å². The number of ether oxygens (including phenoxy) is 1. The molecule has 0 bridgehead atoms. The standard InChI is InChI=1S/C29H34F4N10O3S/c1-28(2)16-18(5-4-12-36-41-34)17-42(28)26-20(27(44)40-47(35,45)25-7-3-6-22(30)37-25)8-9-23(38-26)43-13-10-24(39-43)46-14-11-19-15-21(19)29(31,32)33/h3,6-10,13,18-19,21H,4-5,11-12,14-17H2,1-2H3,(H2,35,40,44,45). The fourth-order valence-electron chi connectivity index (χ4n) is 5.98. The first-order valence-electron chi connectivity index (χ1n) is 15.0. The van der Waals surface area contributed by atoms with Gasteiger partial charge in [0.15, 0.2) is 20.8 Å². The molecule has 5 rings (SSSR count). The van der Waals surface area contributed by atoms with Crippen LogP contribution in [0.5, 0.6) is 5.88 Å². The molecule has 1 saturated heterocycles. The highest BCUT2D eigenvalue weighted by Crippen LogP contribution is 2.51. The molecule has 4 heterocycles. The van der Waals surface area contributed by atoms with Crippen molar-refractivity contribution in [2.75, 3.05) is 24.6 Å². The van der Waals surface area contributed by atoms with Gasteiger partial charge in [0.2, 0.25) is 11.8 Å². The fraction of sp³-hybridized carbons (Fsp3) is 0.517. The van der Waals surface area contributed by atoms with E-state index >= 15 is 0 Å². The monoisotopic (exact) mass is 678 g/mol. The SMILES string of the molecule is CC1(C)CC(CCCN=[N+]=[N-])CN1c1nc(-n2ccc(OCCC3CC3C(F)(F)F)n2)ccc1C(=O)NS(=N)(=O)c1cccc(F)n1. The summed E-state index contributed by atoms with van der Waals surface area (Å²) in [5, 5.41) is 7.51. The Balaban J connectivity index is 1.39. The first-order valence-corrected chi connectivity index (χ1v) is 16.5. The van der Waals surface area contributed by atoms with Crippen LogP contribution in [-0.2, 0) is 9.92 Å². The number of anilines is 1. The number of carbonyl (C=O) groups excluding carboxylic acids is 1. The average Bonchev–Trinajstić information content (AvgIpc) is 3.53. The van der Waals surface area contributed by atoms with Gasteiger partial charge < -0.3 is 9.64 Å². The van der Waals surface area contributed by atoms with Gasteiger partial charge in [-0.25, -0.2) is 23.6 Å². The molecule has 2 fully saturated rings. The van der Waals surface area contributed by atoms with Gasteiger partial charge in [-0.3, -0.25) is 9.52 Å². The zero-order chi connectivity index (χ0) is 34.0. The molecule has 4 unspecified atom stereocenters. The van der Waals surface area contributed by atoms with Gasteiger partial charge in [0.25, 0.3) is 5.91 Å². The van der Waals surface area contributed by atoms with Crippen molar-refractivity contribution >= 4 is 21.6 Å². The molecule has 1 aliphatic carbocycles. The lowest BCUT2D eigenvalue weighted by atomic mass is 9.93. The summed E-state index contributed by atoms with van der Waals surface area (Å²) in [4.78, 5) is 26.6. The summed E-state index contributed by atoms with van der Waals surface area (Å²) < 4.78 is 82.8. The van der Waals surface area contributed by atoms with E-state index in [0.29, 0.717) is 25.3 Å². The molecule has 3 aromatic heterocycles. The number of alkyl halides is 3. The minimum atomic E-state index is -4.19. The summed E-state index contributed by atoms with van der Waals surface area (Å²) in [6.45, 7) is 4.90. The van der Waals surface area contributed by atoms with Crippen LogP contribution in [0.2, 0.25) is 0 Å². The van der Waals surface area contributed by atoms with Crippen molar-refractivity contribution in [3.8, 4) is 11.7 Å². The number of pyridine rings is 2. The molecule has 252 valence electrons. The Kier molecular flexibility index (Phi) is 9.63. The van der Waals surface area contributed by atoms with E-state index in [1.54, 1.807) is 12.3 Å². The predicted molar refractivity (Wildman–Crippen MR) is 163 cm³/mol. The molecule has 2 N–H and O–H groups in total. The molecule has 3 aromatic rings. The maximum Gasteiger partial charge on any atom is 0.392 e. The van der Waals surface area contributed by atoms with E-state index in [-0.39, 0.29) is 42.6 Å². The maximum atomic E-state index is 13.7. The Hall–Kier alpha value is -4.44. The Morgan fingerprint density at radius 2 is 2.02 bits per heavy atom. The van der Waals surface area contributed by atoms with Crippen LogP contribution in [0, 0.1) is 28.5 Å². The molecule has 2 aliphatic rings. The molecule has 1 amide bonds. The van der Waals surface area contributed by atoms with E-state index < -0.39 is 50.3 Å². The zero-order valence-electron chi connectivity index (χ0n) is 25.7. The second-order valence-corrected chi connectivity index (χ2v) is 14.0. The Bertz CT molecular complexity index is 1780. The predicted octanol–water partition coefficient (Wildman–Crippen LogP) is 6.21. The minimum absolute atomic E-state index is 0.0141. The van der Waals surface area contributed by atoms with Gasteiger partial charge in [0, 0.05) is 35.8 Å². The highest BCUT2D eigenvalue weighted by atomic mass is 32.2. The van der Waals surface area contributed by atoms with Crippen molar-refractivity contribution in [3.05, 3.63) is 64.5 Å².